The van der Waals surface area contributed by atoms with E-state index < -0.39 is 0 Å². The first-order valence-corrected chi connectivity index (χ1v) is 7.25. The van der Waals surface area contributed by atoms with Crippen molar-refractivity contribution in [3.8, 4) is 11.4 Å². The summed E-state index contributed by atoms with van der Waals surface area (Å²) in [6.07, 6.45) is 2.87. The van der Waals surface area contributed by atoms with Gasteiger partial charge in [0.05, 0.1) is 4.47 Å². The van der Waals surface area contributed by atoms with Crippen molar-refractivity contribution in [3.05, 3.63) is 40.0 Å². The highest BCUT2D eigenvalue weighted by Crippen LogP contribution is 2.25. The highest BCUT2D eigenvalue weighted by Gasteiger charge is 2.09. The fraction of sp³-hybridized carbons (Fsp3) is 0.333. The molecular formula is C15H18BrN3. The van der Waals surface area contributed by atoms with E-state index in [1.807, 2.05) is 6.20 Å². The van der Waals surface area contributed by atoms with Crippen LogP contribution in [-0.2, 0) is 0 Å². The van der Waals surface area contributed by atoms with Crippen molar-refractivity contribution in [1.29, 1.82) is 0 Å². The highest BCUT2D eigenvalue weighted by molar-refractivity contribution is 9.10. The van der Waals surface area contributed by atoms with Crippen molar-refractivity contribution in [2.75, 3.05) is 11.9 Å². The van der Waals surface area contributed by atoms with Crippen molar-refractivity contribution in [3.63, 3.8) is 0 Å². The van der Waals surface area contributed by atoms with E-state index in [1.165, 1.54) is 11.1 Å². The number of nitrogens with one attached hydrogen (secondary N) is 1. The zero-order valence-corrected chi connectivity index (χ0v) is 13.1. The molecule has 0 radical (unpaired) electrons. The van der Waals surface area contributed by atoms with Crippen molar-refractivity contribution in [2.45, 2.75) is 27.2 Å². The van der Waals surface area contributed by atoms with Crippen LogP contribution >= 0.6 is 15.9 Å². The Morgan fingerprint density at radius 2 is 2.05 bits per heavy atom. The van der Waals surface area contributed by atoms with Crippen LogP contribution in [0.1, 0.15) is 24.5 Å². The van der Waals surface area contributed by atoms with Gasteiger partial charge in [-0.3, -0.25) is 0 Å². The van der Waals surface area contributed by atoms with Gasteiger partial charge >= 0.3 is 0 Å². The van der Waals surface area contributed by atoms with Crippen LogP contribution < -0.4 is 5.32 Å². The van der Waals surface area contributed by atoms with Gasteiger partial charge in [0.25, 0.3) is 0 Å². The smallest absolute Gasteiger partial charge is 0.161 e. The molecule has 0 aliphatic carbocycles. The lowest BCUT2D eigenvalue weighted by Gasteiger charge is -2.10. The Kier molecular flexibility index (Phi) is 4.53. The van der Waals surface area contributed by atoms with Gasteiger partial charge in [-0.05, 0) is 47.8 Å². The summed E-state index contributed by atoms with van der Waals surface area (Å²) in [5.41, 5.74) is 3.50. The summed E-state index contributed by atoms with van der Waals surface area (Å²) < 4.78 is 0.898. The molecule has 0 unspecified atom stereocenters. The minimum Gasteiger partial charge on any atom is -0.369 e. The van der Waals surface area contributed by atoms with E-state index in [1.54, 1.807) is 0 Å². The quantitative estimate of drug-likeness (QED) is 0.910. The van der Waals surface area contributed by atoms with Crippen LogP contribution in [0.3, 0.4) is 0 Å². The molecule has 0 saturated carbocycles. The molecule has 0 atom stereocenters. The van der Waals surface area contributed by atoms with E-state index in [0.717, 1.165) is 34.6 Å². The van der Waals surface area contributed by atoms with Gasteiger partial charge in [-0.1, -0.05) is 24.6 Å². The Balaban J connectivity index is 2.42. The fourth-order valence-corrected chi connectivity index (χ4v) is 2.17. The predicted molar refractivity (Wildman–Crippen MR) is 83.4 cm³/mol. The van der Waals surface area contributed by atoms with E-state index >= 15 is 0 Å². The van der Waals surface area contributed by atoms with Gasteiger partial charge in [-0.2, -0.15) is 0 Å². The molecule has 0 bridgehead atoms. The third-order valence-electron chi connectivity index (χ3n) is 2.92. The summed E-state index contributed by atoms with van der Waals surface area (Å²) in [7, 11) is 0. The lowest BCUT2D eigenvalue weighted by atomic mass is 10.1. The number of rotatable bonds is 4. The third kappa shape index (κ3) is 3.32. The normalized spacial score (nSPS) is 10.5. The van der Waals surface area contributed by atoms with Gasteiger partial charge in [0.15, 0.2) is 5.82 Å². The molecular weight excluding hydrogens is 302 g/mol. The lowest BCUT2D eigenvalue weighted by Crippen LogP contribution is -2.04. The molecule has 3 nitrogen and oxygen atoms in total. The zero-order valence-electron chi connectivity index (χ0n) is 11.5. The maximum atomic E-state index is 4.61. The Hall–Kier alpha value is -1.42. The first kappa shape index (κ1) is 14.0. The number of hydrogen-bond acceptors (Lipinski definition) is 3. The summed E-state index contributed by atoms with van der Waals surface area (Å²) >= 11 is 3.48. The van der Waals surface area contributed by atoms with Gasteiger partial charge in [0.1, 0.15) is 5.82 Å². The summed E-state index contributed by atoms with van der Waals surface area (Å²) in [5, 5.41) is 3.31. The molecule has 0 spiro atoms. The standard InChI is InChI=1S/C15H18BrN3/c1-4-7-17-15-13(16)9-18-14(19-15)12-8-10(2)5-6-11(12)3/h5-6,8-9H,4,7H2,1-3H3,(H,17,18,19). The average molecular weight is 320 g/mol. The summed E-state index contributed by atoms with van der Waals surface area (Å²) in [5.74, 6) is 1.62. The molecule has 0 saturated heterocycles. The molecule has 19 heavy (non-hydrogen) atoms. The Morgan fingerprint density at radius 1 is 1.26 bits per heavy atom. The van der Waals surface area contributed by atoms with Crippen molar-refractivity contribution >= 4 is 21.7 Å². The van der Waals surface area contributed by atoms with E-state index in [4.69, 9.17) is 0 Å². The minimum atomic E-state index is 0.767. The molecule has 1 N–H and O–H groups in total. The van der Waals surface area contributed by atoms with Crippen LogP contribution in [0.5, 0.6) is 0 Å². The van der Waals surface area contributed by atoms with Crippen molar-refractivity contribution < 1.29 is 0 Å². The van der Waals surface area contributed by atoms with Gasteiger partial charge in [-0.25, -0.2) is 9.97 Å². The SMILES string of the molecule is CCCNc1nc(-c2cc(C)ccc2C)ncc1Br. The molecule has 1 aromatic carbocycles. The zero-order chi connectivity index (χ0) is 13.8. The number of hydrogen-bond donors (Lipinski definition) is 1. The second kappa shape index (κ2) is 6.15. The van der Waals surface area contributed by atoms with Gasteiger partial charge < -0.3 is 5.32 Å². The van der Waals surface area contributed by atoms with Crippen LogP contribution in [0, 0.1) is 13.8 Å². The van der Waals surface area contributed by atoms with Crippen LogP contribution in [0.4, 0.5) is 5.82 Å². The van der Waals surface area contributed by atoms with Crippen molar-refractivity contribution in [2.24, 2.45) is 0 Å². The third-order valence-corrected chi connectivity index (χ3v) is 3.50. The first-order chi connectivity index (χ1) is 9.11. The van der Waals surface area contributed by atoms with Crippen LogP contribution in [-0.4, -0.2) is 16.5 Å². The number of nitrogens with zero attached hydrogens (tertiary/aromatic N) is 2. The maximum Gasteiger partial charge on any atom is 0.161 e. The van der Waals surface area contributed by atoms with Crippen molar-refractivity contribution in [1.82, 2.24) is 9.97 Å². The molecule has 2 rings (SSSR count). The lowest BCUT2D eigenvalue weighted by molar-refractivity contribution is 0.963. The molecule has 0 fully saturated rings. The van der Waals surface area contributed by atoms with Gasteiger partial charge in [0.2, 0.25) is 0 Å². The predicted octanol–water partition coefficient (Wildman–Crippen LogP) is 4.34. The second-order valence-electron chi connectivity index (χ2n) is 4.64. The maximum absolute atomic E-state index is 4.61. The van der Waals surface area contributed by atoms with E-state index in [0.29, 0.717) is 0 Å². The summed E-state index contributed by atoms with van der Waals surface area (Å²) in [4.78, 5) is 9.03. The molecule has 1 aromatic heterocycles. The monoisotopic (exact) mass is 319 g/mol. The first-order valence-electron chi connectivity index (χ1n) is 6.46. The molecule has 0 aliphatic heterocycles. The molecule has 1 heterocycles. The molecule has 100 valence electrons. The Morgan fingerprint density at radius 3 is 2.79 bits per heavy atom. The second-order valence-corrected chi connectivity index (χ2v) is 5.49. The number of benzene rings is 1. The molecule has 2 aromatic rings. The largest absolute Gasteiger partial charge is 0.369 e. The van der Waals surface area contributed by atoms with Crippen LogP contribution in [0.25, 0.3) is 11.4 Å². The summed E-state index contributed by atoms with van der Waals surface area (Å²) in [6, 6.07) is 6.34. The molecule has 4 heteroatoms. The minimum absolute atomic E-state index is 0.767. The summed E-state index contributed by atoms with van der Waals surface area (Å²) in [6.45, 7) is 7.20. The topological polar surface area (TPSA) is 37.8 Å². The highest BCUT2D eigenvalue weighted by atomic mass is 79.9. The van der Waals surface area contributed by atoms with E-state index in [-0.39, 0.29) is 0 Å². The van der Waals surface area contributed by atoms with Gasteiger partial charge in [-0.15, -0.1) is 0 Å². The van der Waals surface area contributed by atoms with Gasteiger partial charge in [0, 0.05) is 18.3 Å². The molecule has 0 aliphatic rings. The van der Waals surface area contributed by atoms with Crippen LogP contribution in [0.2, 0.25) is 0 Å². The van der Waals surface area contributed by atoms with Crippen LogP contribution in [0.15, 0.2) is 28.9 Å². The number of halogens is 1. The number of anilines is 1. The Bertz CT molecular complexity index is 582. The Labute approximate surface area is 122 Å². The number of aromatic nitrogens is 2. The fourth-order valence-electron chi connectivity index (χ4n) is 1.84. The molecule has 0 amide bonds. The van der Waals surface area contributed by atoms with E-state index in [9.17, 15) is 0 Å². The average Bonchev–Trinajstić information content (AvgIpc) is 2.41. The number of aryl methyl sites for hydroxylation is 2. The van der Waals surface area contributed by atoms with E-state index in [2.05, 4.69) is 70.2 Å².